The molecular formula is C53H47Cl2F3N8O10. The highest BCUT2D eigenvalue weighted by molar-refractivity contribution is 6.31. The average molecular weight is 1080 g/mol. The van der Waals surface area contributed by atoms with Crippen LogP contribution in [-0.2, 0) is 31.9 Å². The first-order valence-corrected chi connectivity index (χ1v) is 24.3. The minimum absolute atomic E-state index is 0.0122. The number of aromatic nitrogens is 6. The van der Waals surface area contributed by atoms with Crippen LogP contribution in [0.15, 0.2) is 121 Å². The van der Waals surface area contributed by atoms with Crippen LogP contribution in [0.4, 0.5) is 13.2 Å². The summed E-state index contributed by atoms with van der Waals surface area (Å²) in [7, 11) is 0. The topological polar surface area (TPSA) is 253 Å². The second kappa shape index (κ2) is 23.6. The molecule has 0 unspecified atom stereocenters. The second-order valence-corrected chi connectivity index (χ2v) is 18.6. The number of carbonyl (C=O) groups is 4. The van der Waals surface area contributed by atoms with E-state index in [1.54, 1.807) is 79.7 Å². The molecule has 0 aliphatic carbocycles. The molecule has 0 fully saturated rings. The van der Waals surface area contributed by atoms with Gasteiger partial charge in [-0.05, 0) is 130 Å². The van der Waals surface area contributed by atoms with E-state index in [-0.39, 0.29) is 58.6 Å². The van der Waals surface area contributed by atoms with Crippen LogP contribution in [0.1, 0.15) is 58.0 Å². The number of hydrogen-bond acceptors (Lipinski definition) is 14. The smallest absolute Gasteiger partial charge is 0.392 e. The van der Waals surface area contributed by atoms with Gasteiger partial charge in [-0.1, -0.05) is 93.6 Å². The van der Waals surface area contributed by atoms with Crippen molar-refractivity contribution in [3.8, 4) is 33.4 Å². The fourth-order valence-electron chi connectivity index (χ4n) is 8.48. The van der Waals surface area contributed by atoms with Crippen LogP contribution in [-0.4, -0.2) is 118 Å². The Morgan fingerprint density at radius 3 is 1.79 bits per heavy atom. The second-order valence-electron chi connectivity index (χ2n) is 17.7. The number of aliphatic hydroxyl groups is 2. The van der Waals surface area contributed by atoms with Gasteiger partial charge in [0, 0.05) is 51.7 Å². The van der Waals surface area contributed by atoms with Gasteiger partial charge in [0.15, 0.2) is 12.2 Å². The van der Waals surface area contributed by atoms with E-state index in [4.69, 9.17) is 32.7 Å². The summed E-state index contributed by atoms with van der Waals surface area (Å²) in [6.45, 7) is 0.634. The highest BCUT2D eigenvalue weighted by atomic mass is 35.5. The number of esters is 2. The summed E-state index contributed by atoms with van der Waals surface area (Å²) in [5.74, 6) is -3.43. The van der Waals surface area contributed by atoms with E-state index in [0.717, 1.165) is 11.1 Å². The first-order valence-electron chi connectivity index (χ1n) is 23.6. The van der Waals surface area contributed by atoms with Gasteiger partial charge < -0.3 is 40.7 Å². The number of halogens is 5. The molecule has 0 saturated carbocycles. The Morgan fingerprint density at radius 1 is 0.618 bits per heavy atom. The van der Waals surface area contributed by atoms with Crippen molar-refractivity contribution in [3.05, 3.63) is 154 Å². The van der Waals surface area contributed by atoms with E-state index in [0.29, 0.717) is 53.6 Å². The molecule has 8 rings (SSSR count). The van der Waals surface area contributed by atoms with Crippen molar-refractivity contribution in [2.75, 3.05) is 13.2 Å². The highest BCUT2D eigenvalue weighted by Crippen LogP contribution is 2.35. The Hall–Kier alpha value is -8.11. The lowest BCUT2D eigenvalue weighted by atomic mass is 9.94. The van der Waals surface area contributed by atoms with E-state index in [9.17, 15) is 53.0 Å². The number of nitrogens with zero attached hydrogens (tertiary/aromatic N) is 6. The number of hydrogen-bond donors (Lipinski definition) is 6. The van der Waals surface area contributed by atoms with E-state index >= 15 is 0 Å². The van der Waals surface area contributed by atoms with Crippen LogP contribution in [0.3, 0.4) is 0 Å². The van der Waals surface area contributed by atoms with Gasteiger partial charge in [0.1, 0.15) is 28.7 Å². The molecule has 18 nitrogen and oxygen atoms in total. The number of nitrogens with one attached hydrogen (secondary N) is 2. The van der Waals surface area contributed by atoms with Gasteiger partial charge in [-0.2, -0.15) is 13.2 Å². The van der Waals surface area contributed by atoms with Crippen molar-refractivity contribution < 1.29 is 62.5 Å². The van der Waals surface area contributed by atoms with Gasteiger partial charge in [-0.3, -0.25) is 9.59 Å². The highest BCUT2D eigenvalue weighted by Gasteiger charge is 2.30. The SMILES string of the molecule is CCOC(=O)[C@H](O)C[C@@H](Cc1ccc(-c2cc(Cl)cc(-c3cc(C(=O)N[C@H](Cc4ccc(-c5cccc(Cl)c5)cc4)C[C@@H](O)C(=O)OCCC(F)(F)F)cc4c3nnn4O)c2)cc1)NC(=O)c1ccc2nnn(O)c2c1. The lowest BCUT2D eigenvalue weighted by molar-refractivity contribution is -0.166. The predicted octanol–water partition coefficient (Wildman–Crippen LogP) is 8.20. The van der Waals surface area contributed by atoms with Crippen LogP contribution in [0.2, 0.25) is 10.0 Å². The summed E-state index contributed by atoms with van der Waals surface area (Å²) < 4.78 is 48.1. The Bertz CT molecular complexity index is 3410. The number of rotatable bonds is 20. The maximum atomic E-state index is 14.3. The standard InChI is InChI=1S/C53H47Cl2F3N8O10/c1-2-75-51(71)46(67)27-40(59-49(69)34-14-15-43-44(25-34)65(73)63-61-43)18-30-8-12-32(13-9-30)35-20-36(23-39(55)22-35)42-24-37(26-45-48(42)62-64-66(45)74)50(70)60-41(28-47(68)52(72)76-17-16-53(56,57)58)19-29-6-10-31(11-7-29)33-4-3-5-38(54)21-33/h3-15,20-26,40-41,46-47,67-68,73-74H,2,16-19,27-28H2,1H3,(H,59,69)(H,60,70)/t40-,41-,46-,47-/m1/s1. The summed E-state index contributed by atoms with van der Waals surface area (Å²) in [6, 6.07) is 32.1. The first-order chi connectivity index (χ1) is 36.3. The lowest BCUT2D eigenvalue weighted by Crippen LogP contribution is -2.41. The summed E-state index contributed by atoms with van der Waals surface area (Å²) in [6.07, 6.45) is -9.91. The average Bonchev–Trinajstić information content (AvgIpc) is 3.96. The van der Waals surface area contributed by atoms with Gasteiger partial charge in [-0.25, -0.2) is 9.59 Å². The monoisotopic (exact) mass is 1080 g/mol. The van der Waals surface area contributed by atoms with Crippen molar-refractivity contribution in [1.29, 1.82) is 0 Å². The Kier molecular flexibility index (Phi) is 16.8. The van der Waals surface area contributed by atoms with Gasteiger partial charge in [0.05, 0.1) is 13.0 Å². The zero-order chi connectivity index (χ0) is 54.3. The molecule has 0 radical (unpaired) electrons. The lowest BCUT2D eigenvalue weighted by Gasteiger charge is -2.22. The summed E-state index contributed by atoms with van der Waals surface area (Å²) in [5.41, 5.74) is 6.03. The molecule has 8 aromatic rings. The van der Waals surface area contributed by atoms with Crippen LogP contribution >= 0.6 is 23.2 Å². The number of amides is 2. The molecule has 2 heterocycles. The molecule has 0 aliphatic rings. The predicted molar refractivity (Wildman–Crippen MR) is 272 cm³/mol. The summed E-state index contributed by atoms with van der Waals surface area (Å²) in [5, 5.41) is 64.1. The molecule has 2 amide bonds. The number of fused-ring (bicyclic) bond motifs is 2. The van der Waals surface area contributed by atoms with Gasteiger partial charge in [0.2, 0.25) is 0 Å². The molecule has 6 N–H and O–H groups in total. The van der Waals surface area contributed by atoms with Crippen molar-refractivity contribution in [2.24, 2.45) is 0 Å². The molecular weight excluding hydrogens is 1040 g/mol. The first kappa shape index (κ1) is 54.2. The third-order valence-corrected chi connectivity index (χ3v) is 12.7. The van der Waals surface area contributed by atoms with E-state index in [1.165, 1.54) is 30.3 Å². The number of benzene rings is 6. The molecule has 0 spiro atoms. The normalized spacial score (nSPS) is 13.2. The number of aliphatic hydroxyl groups excluding tert-OH is 2. The quantitative estimate of drug-likeness (QED) is 0.0311. The summed E-state index contributed by atoms with van der Waals surface area (Å²) in [4.78, 5) is 54.0. The van der Waals surface area contributed by atoms with Crippen molar-refractivity contribution >= 4 is 69.0 Å². The Balaban J connectivity index is 1.04. The van der Waals surface area contributed by atoms with Crippen LogP contribution in [0.25, 0.3) is 55.4 Å². The van der Waals surface area contributed by atoms with Gasteiger partial charge >= 0.3 is 18.1 Å². The number of carbonyl (C=O) groups excluding carboxylic acids is 4. The maximum Gasteiger partial charge on any atom is 0.392 e. The molecule has 2 aromatic heterocycles. The zero-order valence-corrected chi connectivity index (χ0v) is 41.6. The molecule has 0 aliphatic heterocycles. The van der Waals surface area contributed by atoms with Crippen LogP contribution in [0, 0.1) is 0 Å². The van der Waals surface area contributed by atoms with Crippen molar-refractivity contribution in [3.63, 3.8) is 0 Å². The largest absolute Gasteiger partial charge is 0.464 e. The number of ether oxygens (including phenoxy) is 2. The minimum atomic E-state index is -4.60. The van der Waals surface area contributed by atoms with Crippen molar-refractivity contribution in [1.82, 2.24) is 40.9 Å². The van der Waals surface area contributed by atoms with Gasteiger partial charge in [-0.15, -0.1) is 10.2 Å². The van der Waals surface area contributed by atoms with Gasteiger partial charge in [0.25, 0.3) is 11.8 Å². The Morgan fingerprint density at radius 2 is 1.17 bits per heavy atom. The zero-order valence-electron chi connectivity index (χ0n) is 40.1. The molecule has 4 atom stereocenters. The summed E-state index contributed by atoms with van der Waals surface area (Å²) >= 11 is 12.9. The van der Waals surface area contributed by atoms with Crippen LogP contribution < -0.4 is 10.6 Å². The van der Waals surface area contributed by atoms with Crippen molar-refractivity contribution in [2.45, 2.75) is 69.5 Å². The van der Waals surface area contributed by atoms with Crippen LogP contribution in [0.5, 0.6) is 0 Å². The molecule has 0 saturated heterocycles. The fourth-order valence-corrected chi connectivity index (χ4v) is 8.91. The third kappa shape index (κ3) is 13.6. The minimum Gasteiger partial charge on any atom is -0.464 e. The van der Waals surface area contributed by atoms with E-state index < -0.39 is 73.7 Å². The third-order valence-electron chi connectivity index (χ3n) is 12.2. The Labute approximate surface area is 440 Å². The molecule has 6 aromatic carbocycles. The fraction of sp³-hybridized carbons (Fsp3) is 0.245. The molecule has 0 bridgehead atoms. The number of alkyl halides is 3. The van der Waals surface area contributed by atoms with E-state index in [2.05, 4.69) is 31.3 Å². The maximum absolute atomic E-state index is 14.3. The molecule has 23 heteroatoms. The molecule has 76 heavy (non-hydrogen) atoms. The van der Waals surface area contributed by atoms with E-state index in [1.807, 2.05) is 18.2 Å². The molecule has 394 valence electrons.